The van der Waals surface area contributed by atoms with Crippen molar-refractivity contribution in [2.75, 3.05) is 7.11 Å². The lowest BCUT2D eigenvalue weighted by Gasteiger charge is -2.13. The van der Waals surface area contributed by atoms with Gasteiger partial charge in [0.05, 0.1) is 7.11 Å². The van der Waals surface area contributed by atoms with Crippen molar-refractivity contribution >= 4 is 6.09 Å². The van der Waals surface area contributed by atoms with Crippen LogP contribution in [0.2, 0.25) is 0 Å². The van der Waals surface area contributed by atoms with Gasteiger partial charge in [0.1, 0.15) is 5.75 Å². The summed E-state index contributed by atoms with van der Waals surface area (Å²) in [5.41, 5.74) is 5.96. The van der Waals surface area contributed by atoms with Crippen LogP contribution < -0.4 is 10.5 Å². The van der Waals surface area contributed by atoms with Gasteiger partial charge in [0.15, 0.2) is 6.10 Å². The van der Waals surface area contributed by atoms with E-state index >= 15 is 0 Å². The Kier molecular flexibility index (Phi) is 3.91. The first-order valence-electron chi connectivity index (χ1n) is 5.51. The number of ether oxygens (including phenoxy) is 2. The highest BCUT2D eigenvalue weighted by Gasteiger charge is 2.20. The van der Waals surface area contributed by atoms with Crippen molar-refractivity contribution in [2.45, 2.75) is 12.5 Å². The molecule has 2 aromatic rings. The molecular formula is C11H13N5O3. The molecule has 0 saturated heterocycles. The van der Waals surface area contributed by atoms with Crippen molar-refractivity contribution < 1.29 is 14.3 Å². The number of tetrazole rings is 1. The van der Waals surface area contributed by atoms with Gasteiger partial charge in [0.25, 0.3) is 0 Å². The summed E-state index contributed by atoms with van der Waals surface area (Å²) in [6.45, 7) is 0. The molecule has 0 fully saturated rings. The minimum absolute atomic E-state index is 0.273. The van der Waals surface area contributed by atoms with E-state index in [0.717, 1.165) is 11.3 Å². The average molecular weight is 263 g/mol. The molecule has 1 unspecified atom stereocenters. The van der Waals surface area contributed by atoms with E-state index in [1.807, 2.05) is 24.3 Å². The fourth-order valence-electron chi connectivity index (χ4n) is 1.61. The van der Waals surface area contributed by atoms with Gasteiger partial charge in [0, 0.05) is 6.42 Å². The summed E-state index contributed by atoms with van der Waals surface area (Å²) in [6.07, 6.45) is -1.17. The molecule has 0 aliphatic rings. The van der Waals surface area contributed by atoms with Crippen LogP contribution in [0.3, 0.4) is 0 Å². The van der Waals surface area contributed by atoms with E-state index in [4.69, 9.17) is 15.2 Å². The number of benzene rings is 1. The van der Waals surface area contributed by atoms with Gasteiger partial charge in [-0.3, -0.25) is 0 Å². The van der Waals surface area contributed by atoms with E-state index in [0.29, 0.717) is 6.42 Å². The zero-order chi connectivity index (χ0) is 13.7. The molecule has 0 aliphatic heterocycles. The quantitative estimate of drug-likeness (QED) is 0.815. The molecule has 1 atom stereocenters. The summed E-state index contributed by atoms with van der Waals surface area (Å²) in [5, 5.41) is 13.3. The molecule has 8 nitrogen and oxygen atoms in total. The van der Waals surface area contributed by atoms with Crippen LogP contribution in [-0.4, -0.2) is 33.8 Å². The zero-order valence-electron chi connectivity index (χ0n) is 10.2. The number of nitrogens with zero attached hydrogens (tertiary/aromatic N) is 3. The Bertz CT molecular complexity index is 526. The highest BCUT2D eigenvalue weighted by molar-refractivity contribution is 5.64. The smallest absolute Gasteiger partial charge is 0.405 e. The maximum absolute atomic E-state index is 10.9. The molecule has 8 heteroatoms. The highest BCUT2D eigenvalue weighted by Crippen LogP contribution is 2.20. The Morgan fingerprint density at radius 3 is 2.68 bits per heavy atom. The van der Waals surface area contributed by atoms with Crippen LogP contribution in [0.25, 0.3) is 0 Å². The first-order chi connectivity index (χ1) is 9.19. The predicted octanol–water partition coefficient (Wildman–Crippen LogP) is 0.587. The molecular weight excluding hydrogens is 250 g/mol. The largest absolute Gasteiger partial charge is 0.497 e. The number of aromatic amines is 1. The van der Waals surface area contributed by atoms with Gasteiger partial charge in [-0.05, 0) is 17.7 Å². The number of H-pyrrole nitrogens is 1. The topological polar surface area (TPSA) is 116 Å². The molecule has 0 saturated carbocycles. The number of rotatable bonds is 5. The molecule has 0 bridgehead atoms. The molecule has 1 heterocycles. The van der Waals surface area contributed by atoms with Crippen LogP contribution >= 0.6 is 0 Å². The van der Waals surface area contributed by atoms with Crippen LogP contribution in [0.15, 0.2) is 24.3 Å². The Hall–Kier alpha value is -2.64. The number of primary amides is 1. The van der Waals surface area contributed by atoms with Crippen LogP contribution in [0.4, 0.5) is 4.79 Å². The standard InChI is InChI=1S/C11H13N5O3/c1-18-8-4-2-7(3-5-8)6-9(19-11(12)17)10-13-15-16-14-10/h2-5,9H,6H2,1H3,(H2,12,17)(H,13,14,15,16). The maximum Gasteiger partial charge on any atom is 0.405 e. The van der Waals surface area contributed by atoms with E-state index in [1.54, 1.807) is 7.11 Å². The number of nitrogens with two attached hydrogens (primary N) is 1. The van der Waals surface area contributed by atoms with Gasteiger partial charge in [-0.25, -0.2) is 4.79 Å². The van der Waals surface area contributed by atoms with Gasteiger partial charge in [-0.1, -0.05) is 17.3 Å². The van der Waals surface area contributed by atoms with Crippen LogP contribution in [0.5, 0.6) is 5.75 Å². The summed E-state index contributed by atoms with van der Waals surface area (Å²) in [7, 11) is 1.59. The molecule has 1 aromatic heterocycles. The second-order valence-corrected chi connectivity index (χ2v) is 3.75. The van der Waals surface area contributed by atoms with Gasteiger partial charge >= 0.3 is 6.09 Å². The second-order valence-electron chi connectivity index (χ2n) is 3.75. The minimum atomic E-state index is -0.886. The summed E-state index contributed by atoms with van der Waals surface area (Å²) < 4.78 is 10.0. The molecule has 100 valence electrons. The SMILES string of the molecule is COc1ccc(CC(OC(N)=O)c2nn[nH]n2)cc1. The summed E-state index contributed by atoms with van der Waals surface area (Å²) in [6, 6.07) is 7.34. The fourth-order valence-corrected chi connectivity index (χ4v) is 1.61. The molecule has 1 amide bonds. The number of carbonyl (C=O) groups excluding carboxylic acids is 1. The summed E-state index contributed by atoms with van der Waals surface area (Å²) in [4.78, 5) is 10.9. The van der Waals surface area contributed by atoms with Gasteiger partial charge in [-0.2, -0.15) is 5.21 Å². The van der Waals surface area contributed by atoms with Gasteiger partial charge in [-0.15, -0.1) is 10.2 Å². The first-order valence-corrected chi connectivity index (χ1v) is 5.51. The van der Waals surface area contributed by atoms with E-state index in [-0.39, 0.29) is 5.82 Å². The molecule has 0 radical (unpaired) electrons. The van der Waals surface area contributed by atoms with Crippen molar-refractivity contribution in [1.82, 2.24) is 20.6 Å². The lowest BCUT2D eigenvalue weighted by atomic mass is 10.1. The van der Waals surface area contributed by atoms with E-state index in [1.165, 1.54) is 0 Å². The number of hydrogen-bond donors (Lipinski definition) is 2. The third-order valence-electron chi connectivity index (χ3n) is 2.49. The normalized spacial score (nSPS) is 11.8. The van der Waals surface area contributed by atoms with Crippen molar-refractivity contribution in [3.63, 3.8) is 0 Å². The Morgan fingerprint density at radius 2 is 2.16 bits per heavy atom. The van der Waals surface area contributed by atoms with Crippen molar-refractivity contribution in [3.05, 3.63) is 35.7 Å². The van der Waals surface area contributed by atoms with Crippen LogP contribution in [0.1, 0.15) is 17.5 Å². The summed E-state index contributed by atoms with van der Waals surface area (Å²) in [5.74, 6) is 1.02. The fraction of sp³-hybridized carbons (Fsp3) is 0.273. The average Bonchev–Trinajstić information content (AvgIpc) is 2.92. The molecule has 0 aliphatic carbocycles. The van der Waals surface area contributed by atoms with E-state index in [2.05, 4.69) is 20.6 Å². The second kappa shape index (κ2) is 5.80. The molecule has 1 aromatic carbocycles. The Labute approximate surface area is 108 Å². The third kappa shape index (κ3) is 3.41. The van der Waals surface area contributed by atoms with Crippen molar-refractivity contribution in [3.8, 4) is 5.75 Å². The van der Waals surface area contributed by atoms with Gasteiger partial charge < -0.3 is 15.2 Å². The first kappa shape index (κ1) is 12.8. The molecule has 3 N–H and O–H groups in total. The zero-order valence-corrected chi connectivity index (χ0v) is 10.2. The molecule has 19 heavy (non-hydrogen) atoms. The Balaban J connectivity index is 2.12. The maximum atomic E-state index is 10.9. The van der Waals surface area contributed by atoms with Crippen LogP contribution in [0, 0.1) is 0 Å². The van der Waals surface area contributed by atoms with Crippen LogP contribution in [-0.2, 0) is 11.2 Å². The molecule has 2 rings (SSSR count). The lowest BCUT2D eigenvalue weighted by molar-refractivity contribution is 0.101. The number of hydrogen-bond acceptors (Lipinski definition) is 6. The van der Waals surface area contributed by atoms with Crippen molar-refractivity contribution in [1.29, 1.82) is 0 Å². The highest BCUT2D eigenvalue weighted by atomic mass is 16.6. The van der Waals surface area contributed by atoms with Crippen molar-refractivity contribution in [2.24, 2.45) is 5.73 Å². The van der Waals surface area contributed by atoms with E-state index < -0.39 is 12.2 Å². The van der Waals surface area contributed by atoms with E-state index in [9.17, 15) is 4.79 Å². The lowest BCUT2D eigenvalue weighted by Crippen LogP contribution is -2.20. The minimum Gasteiger partial charge on any atom is -0.497 e. The number of carbonyl (C=O) groups is 1. The number of nitrogens with one attached hydrogen (secondary N) is 1. The predicted molar refractivity (Wildman–Crippen MR) is 64.3 cm³/mol. The number of methoxy groups -OCH3 is 1. The summed E-state index contributed by atoms with van der Waals surface area (Å²) >= 11 is 0. The Morgan fingerprint density at radius 1 is 1.42 bits per heavy atom. The number of amides is 1. The monoisotopic (exact) mass is 263 g/mol. The third-order valence-corrected chi connectivity index (χ3v) is 2.49. The molecule has 0 spiro atoms. The number of aromatic nitrogens is 4. The van der Waals surface area contributed by atoms with Gasteiger partial charge in [0.2, 0.25) is 5.82 Å².